The summed E-state index contributed by atoms with van der Waals surface area (Å²) in [7, 11) is 0. The second kappa shape index (κ2) is 5.18. The molecule has 1 saturated heterocycles. The molecule has 2 N–H and O–H groups in total. The van der Waals surface area contributed by atoms with Gasteiger partial charge in [-0.3, -0.25) is 9.48 Å². The summed E-state index contributed by atoms with van der Waals surface area (Å²) in [4.78, 5) is 13.9. The summed E-state index contributed by atoms with van der Waals surface area (Å²) in [5.41, 5.74) is 5.50. The largest absolute Gasteiger partial charge is 0.382 e. The van der Waals surface area contributed by atoms with Crippen molar-refractivity contribution in [1.29, 1.82) is 0 Å². The smallest absolute Gasteiger partial charge is 0.244 e. The molecule has 1 fully saturated rings. The van der Waals surface area contributed by atoms with Crippen LogP contribution in [-0.4, -0.2) is 46.4 Å². The van der Waals surface area contributed by atoms with Crippen molar-refractivity contribution < 1.29 is 9.53 Å². The van der Waals surface area contributed by atoms with Gasteiger partial charge in [0.1, 0.15) is 12.4 Å². The summed E-state index contributed by atoms with van der Waals surface area (Å²) in [6.07, 6.45) is 2.70. The second-order valence-electron chi connectivity index (χ2n) is 4.31. The number of hydrogen-bond donors (Lipinski definition) is 1. The van der Waals surface area contributed by atoms with Crippen LogP contribution in [0.5, 0.6) is 0 Å². The number of ether oxygens (including phenoxy) is 1. The molecule has 0 spiro atoms. The fraction of sp³-hybridized carbons (Fsp3) is 0.636. The lowest BCUT2D eigenvalue weighted by Crippen LogP contribution is -2.38. The van der Waals surface area contributed by atoms with E-state index in [1.54, 1.807) is 16.9 Å². The van der Waals surface area contributed by atoms with Crippen LogP contribution in [-0.2, 0) is 16.1 Å². The molecule has 94 valence electrons. The maximum absolute atomic E-state index is 12.0. The molecule has 6 nitrogen and oxygen atoms in total. The number of rotatable bonds is 2. The maximum Gasteiger partial charge on any atom is 0.244 e. The van der Waals surface area contributed by atoms with Crippen LogP contribution in [0.15, 0.2) is 12.3 Å². The molecule has 0 bridgehead atoms. The highest BCUT2D eigenvalue weighted by atomic mass is 16.5. The first-order valence-corrected chi connectivity index (χ1v) is 5.83. The Morgan fingerprint density at radius 3 is 3.24 bits per heavy atom. The Kier molecular flexibility index (Phi) is 3.63. The predicted molar refractivity (Wildman–Crippen MR) is 63.3 cm³/mol. The number of anilines is 1. The Morgan fingerprint density at radius 1 is 1.71 bits per heavy atom. The van der Waals surface area contributed by atoms with Crippen LogP contribution >= 0.6 is 0 Å². The van der Waals surface area contributed by atoms with E-state index >= 15 is 0 Å². The van der Waals surface area contributed by atoms with E-state index in [0.717, 1.165) is 19.6 Å². The lowest BCUT2D eigenvalue weighted by Gasteiger charge is -2.22. The monoisotopic (exact) mass is 238 g/mol. The van der Waals surface area contributed by atoms with E-state index in [4.69, 9.17) is 10.5 Å². The van der Waals surface area contributed by atoms with E-state index < -0.39 is 0 Å². The fourth-order valence-corrected chi connectivity index (χ4v) is 1.92. The highest BCUT2D eigenvalue weighted by Crippen LogP contribution is 2.06. The number of nitrogen functional groups attached to an aromatic ring is 1. The first-order valence-electron chi connectivity index (χ1n) is 5.83. The Labute approximate surface area is 100 Å². The Bertz CT molecular complexity index is 391. The Balaban J connectivity index is 1.94. The number of nitrogens with two attached hydrogens (primary N) is 1. The molecule has 6 heteroatoms. The minimum Gasteiger partial charge on any atom is -0.382 e. The van der Waals surface area contributed by atoms with Gasteiger partial charge in [-0.15, -0.1) is 0 Å². The molecule has 1 atom stereocenters. The average Bonchev–Trinajstić information content (AvgIpc) is 2.56. The van der Waals surface area contributed by atoms with Gasteiger partial charge in [0.25, 0.3) is 0 Å². The summed E-state index contributed by atoms with van der Waals surface area (Å²) in [6.45, 7) is 4.34. The normalized spacial score (nSPS) is 21.2. The third kappa shape index (κ3) is 3.20. The van der Waals surface area contributed by atoms with Crippen molar-refractivity contribution in [3.63, 3.8) is 0 Å². The number of aromatic nitrogens is 2. The van der Waals surface area contributed by atoms with Crippen LogP contribution in [0.4, 0.5) is 5.82 Å². The minimum atomic E-state index is 0.0606. The van der Waals surface area contributed by atoms with Crippen molar-refractivity contribution >= 4 is 11.7 Å². The SMILES string of the molecule is CC1CN(C(=O)Cn2ccc(N)n2)CCCO1. The van der Waals surface area contributed by atoms with E-state index in [2.05, 4.69) is 5.10 Å². The average molecular weight is 238 g/mol. The fourth-order valence-electron chi connectivity index (χ4n) is 1.92. The predicted octanol–water partition coefficient (Wildman–Crippen LogP) is 0.103. The zero-order valence-corrected chi connectivity index (χ0v) is 10.0. The summed E-state index contributed by atoms with van der Waals surface area (Å²) in [6, 6.07) is 1.68. The number of carbonyl (C=O) groups is 1. The molecule has 1 unspecified atom stereocenters. The lowest BCUT2D eigenvalue weighted by atomic mass is 10.3. The molecule has 1 aliphatic rings. The zero-order valence-electron chi connectivity index (χ0n) is 10.0. The summed E-state index contributed by atoms with van der Waals surface area (Å²) < 4.78 is 7.06. The first-order chi connectivity index (χ1) is 8.15. The summed E-state index contributed by atoms with van der Waals surface area (Å²) in [5, 5.41) is 4.00. The summed E-state index contributed by atoms with van der Waals surface area (Å²) in [5.74, 6) is 0.496. The number of amides is 1. The van der Waals surface area contributed by atoms with Crippen LogP contribution < -0.4 is 5.73 Å². The van der Waals surface area contributed by atoms with Crippen molar-refractivity contribution in [2.24, 2.45) is 0 Å². The molecule has 1 aromatic heterocycles. The van der Waals surface area contributed by atoms with E-state index in [9.17, 15) is 4.79 Å². The van der Waals surface area contributed by atoms with Crippen molar-refractivity contribution in [1.82, 2.24) is 14.7 Å². The lowest BCUT2D eigenvalue weighted by molar-refractivity contribution is -0.132. The molecule has 2 heterocycles. The first kappa shape index (κ1) is 11.9. The van der Waals surface area contributed by atoms with Gasteiger partial charge in [-0.2, -0.15) is 5.10 Å². The molecular weight excluding hydrogens is 220 g/mol. The van der Waals surface area contributed by atoms with Crippen LogP contribution in [0.3, 0.4) is 0 Å². The molecule has 17 heavy (non-hydrogen) atoms. The van der Waals surface area contributed by atoms with Crippen LogP contribution in [0, 0.1) is 0 Å². The molecule has 1 amide bonds. The van der Waals surface area contributed by atoms with E-state index in [-0.39, 0.29) is 18.6 Å². The van der Waals surface area contributed by atoms with E-state index in [1.807, 2.05) is 11.8 Å². The van der Waals surface area contributed by atoms with Gasteiger partial charge in [0.2, 0.25) is 5.91 Å². The molecule has 0 radical (unpaired) electrons. The highest BCUT2D eigenvalue weighted by molar-refractivity contribution is 5.76. The van der Waals surface area contributed by atoms with Crippen molar-refractivity contribution in [3.05, 3.63) is 12.3 Å². The van der Waals surface area contributed by atoms with Crippen LogP contribution in [0.2, 0.25) is 0 Å². The Morgan fingerprint density at radius 2 is 2.53 bits per heavy atom. The third-order valence-corrected chi connectivity index (χ3v) is 2.76. The molecular formula is C11H18N4O2. The Hall–Kier alpha value is -1.56. The molecule has 0 aromatic carbocycles. The van der Waals surface area contributed by atoms with Crippen molar-refractivity contribution in [2.75, 3.05) is 25.4 Å². The number of hydrogen-bond acceptors (Lipinski definition) is 4. The van der Waals surface area contributed by atoms with Gasteiger partial charge in [0, 0.05) is 25.9 Å². The van der Waals surface area contributed by atoms with Gasteiger partial charge in [-0.25, -0.2) is 0 Å². The number of carbonyl (C=O) groups excluding carboxylic acids is 1. The van der Waals surface area contributed by atoms with E-state index in [1.165, 1.54) is 0 Å². The molecule has 1 aromatic rings. The summed E-state index contributed by atoms with van der Waals surface area (Å²) >= 11 is 0. The van der Waals surface area contributed by atoms with Gasteiger partial charge in [0.15, 0.2) is 0 Å². The van der Waals surface area contributed by atoms with Crippen molar-refractivity contribution in [3.8, 4) is 0 Å². The van der Waals surface area contributed by atoms with Gasteiger partial charge in [0.05, 0.1) is 6.10 Å². The minimum absolute atomic E-state index is 0.0606. The van der Waals surface area contributed by atoms with Crippen LogP contribution in [0.25, 0.3) is 0 Å². The molecule has 2 rings (SSSR count). The molecule has 0 aliphatic carbocycles. The molecule has 0 saturated carbocycles. The topological polar surface area (TPSA) is 73.4 Å². The van der Waals surface area contributed by atoms with Gasteiger partial charge < -0.3 is 15.4 Å². The second-order valence-corrected chi connectivity index (χ2v) is 4.31. The number of nitrogens with zero attached hydrogens (tertiary/aromatic N) is 3. The van der Waals surface area contributed by atoms with Crippen molar-refractivity contribution in [2.45, 2.75) is 26.0 Å². The van der Waals surface area contributed by atoms with Gasteiger partial charge >= 0.3 is 0 Å². The maximum atomic E-state index is 12.0. The van der Waals surface area contributed by atoms with Gasteiger partial charge in [-0.05, 0) is 19.4 Å². The van der Waals surface area contributed by atoms with Gasteiger partial charge in [-0.1, -0.05) is 0 Å². The third-order valence-electron chi connectivity index (χ3n) is 2.76. The quantitative estimate of drug-likeness (QED) is 0.793. The molecule has 1 aliphatic heterocycles. The van der Waals surface area contributed by atoms with Crippen LogP contribution in [0.1, 0.15) is 13.3 Å². The highest BCUT2D eigenvalue weighted by Gasteiger charge is 2.20. The standard InChI is InChI=1S/C11H18N4O2/c1-9-7-14(4-2-6-17-9)11(16)8-15-5-3-10(12)13-15/h3,5,9H,2,4,6-8H2,1H3,(H2,12,13). The van der Waals surface area contributed by atoms with E-state index in [0.29, 0.717) is 12.4 Å². The zero-order chi connectivity index (χ0) is 12.3.